The fourth-order valence-corrected chi connectivity index (χ4v) is 3.72. The number of benzene rings is 1. The molecule has 1 N–H and O–H groups in total. The van der Waals surface area contributed by atoms with Crippen molar-refractivity contribution in [2.75, 3.05) is 13.2 Å². The molecule has 3 rings (SSSR count). The zero-order valence-corrected chi connectivity index (χ0v) is 13.8. The van der Waals surface area contributed by atoms with E-state index in [1.165, 1.54) is 6.42 Å². The lowest BCUT2D eigenvalue weighted by molar-refractivity contribution is -0.140. The number of amides is 1. The molecule has 0 unspecified atom stereocenters. The standard InChI is InChI=1S/C19H23NO4/c21-12-18(23)15-7-6-14-9-17(22)11-20(10-16(14)8-15)19(24)13-4-2-1-3-5-13/h6-8,13,21H,1-5,9-12H2. The van der Waals surface area contributed by atoms with E-state index in [4.69, 9.17) is 5.11 Å². The predicted octanol–water partition coefficient (Wildman–Crippen LogP) is 1.90. The Kier molecular flexibility index (Phi) is 5.09. The summed E-state index contributed by atoms with van der Waals surface area (Å²) in [4.78, 5) is 38.4. The Balaban J connectivity index is 1.85. The van der Waals surface area contributed by atoms with Gasteiger partial charge in [0.15, 0.2) is 11.6 Å². The minimum absolute atomic E-state index is 0.0235. The molecular weight excluding hydrogens is 306 g/mol. The molecule has 1 aromatic carbocycles. The number of aliphatic hydroxyl groups is 1. The zero-order chi connectivity index (χ0) is 17.1. The van der Waals surface area contributed by atoms with E-state index >= 15 is 0 Å². The van der Waals surface area contributed by atoms with Crippen molar-refractivity contribution in [3.63, 3.8) is 0 Å². The predicted molar refractivity (Wildman–Crippen MR) is 88.6 cm³/mol. The van der Waals surface area contributed by atoms with Crippen molar-refractivity contribution >= 4 is 17.5 Å². The summed E-state index contributed by atoms with van der Waals surface area (Å²) >= 11 is 0. The third kappa shape index (κ3) is 3.56. The van der Waals surface area contributed by atoms with Gasteiger partial charge in [-0.1, -0.05) is 31.4 Å². The number of ketones is 2. The molecule has 1 fully saturated rings. The molecule has 1 saturated carbocycles. The number of carbonyl (C=O) groups excluding carboxylic acids is 3. The number of aliphatic hydroxyl groups excluding tert-OH is 1. The van der Waals surface area contributed by atoms with Crippen LogP contribution in [-0.2, 0) is 22.6 Å². The number of carbonyl (C=O) groups is 3. The van der Waals surface area contributed by atoms with Crippen molar-refractivity contribution in [2.24, 2.45) is 5.92 Å². The van der Waals surface area contributed by atoms with Gasteiger partial charge in [-0.25, -0.2) is 0 Å². The first-order valence-electron chi connectivity index (χ1n) is 8.65. The van der Waals surface area contributed by atoms with Crippen molar-refractivity contribution in [2.45, 2.75) is 45.1 Å². The Hall–Kier alpha value is -2.01. The number of Topliss-reactive ketones (excluding diaryl/α,β-unsaturated/α-hetero) is 2. The first kappa shape index (κ1) is 16.8. The molecule has 0 saturated heterocycles. The van der Waals surface area contributed by atoms with Crippen molar-refractivity contribution in [1.82, 2.24) is 4.90 Å². The van der Waals surface area contributed by atoms with Gasteiger partial charge >= 0.3 is 0 Å². The third-order valence-corrected chi connectivity index (χ3v) is 5.05. The Labute approximate surface area is 141 Å². The van der Waals surface area contributed by atoms with E-state index in [1.807, 2.05) is 0 Å². The van der Waals surface area contributed by atoms with Gasteiger partial charge in [0.25, 0.3) is 0 Å². The average Bonchev–Trinajstić information content (AvgIpc) is 2.78. The Morgan fingerprint density at radius 1 is 1.08 bits per heavy atom. The van der Waals surface area contributed by atoms with Crippen molar-refractivity contribution in [1.29, 1.82) is 0 Å². The molecule has 0 spiro atoms. The molecule has 1 amide bonds. The van der Waals surface area contributed by atoms with Crippen LogP contribution in [0.1, 0.15) is 53.6 Å². The summed E-state index contributed by atoms with van der Waals surface area (Å²) in [5.74, 6) is -0.234. The summed E-state index contributed by atoms with van der Waals surface area (Å²) in [6, 6.07) is 5.13. The summed E-state index contributed by atoms with van der Waals surface area (Å²) in [7, 11) is 0. The number of nitrogens with zero attached hydrogens (tertiary/aromatic N) is 1. The molecule has 24 heavy (non-hydrogen) atoms. The van der Waals surface area contributed by atoms with Gasteiger partial charge in [-0.05, 0) is 30.0 Å². The summed E-state index contributed by atoms with van der Waals surface area (Å²) in [5.41, 5.74) is 2.13. The minimum atomic E-state index is -0.539. The molecule has 5 nitrogen and oxygen atoms in total. The van der Waals surface area contributed by atoms with Crippen LogP contribution >= 0.6 is 0 Å². The lowest BCUT2D eigenvalue weighted by Crippen LogP contribution is -2.39. The molecule has 1 aliphatic heterocycles. The molecule has 0 bridgehead atoms. The number of rotatable bonds is 3. The first-order valence-corrected chi connectivity index (χ1v) is 8.65. The van der Waals surface area contributed by atoms with Crippen LogP contribution in [0.3, 0.4) is 0 Å². The monoisotopic (exact) mass is 329 g/mol. The lowest BCUT2D eigenvalue weighted by atomic mass is 9.88. The van der Waals surface area contributed by atoms with Gasteiger partial charge in [0.1, 0.15) is 6.61 Å². The fraction of sp³-hybridized carbons (Fsp3) is 0.526. The molecule has 128 valence electrons. The van der Waals surface area contributed by atoms with Crippen LogP contribution in [0.15, 0.2) is 18.2 Å². The lowest BCUT2D eigenvalue weighted by Gasteiger charge is -2.28. The van der Waals surface area contributed by atoms with Crippen LogP contribution in [-0.4, -0.2) is 40.6 Å². The molecule has 0 aromatic heterocycles. The molecule has 5 heteroatoms. The van der Waals surface area contributed by atoms with E-state index in [2.05, 4.69) is 0 Å². The van der Waals surface area contributed by atoms with Crippen LogP contribution in [0.25, 0.3) is 0 Å². The van der Waals surface area contributed by atoms with E-state index in [-0.39, 0.29) is 36.4 Å². The first-order chi connectivity index (χ1) is 11.6. The molecular formula is C19H23NO4. The van der Waals surface area contributed by atoms with E-state index < -0.39 is 6.61 Å². The van der Waals surface area contributed by atoms with Gasteiger partial charge in [0, 0.05) is 24.4 Å². The Morgan fingerprint density at radius 3 is 2.54 bits per heavy atom. The van der Waals surface area contributed by atoms with E-state index in [1.54, 1.807) is 23.1 Å². The minimum Gasteiger partial charge on any atom is -0.388 e. The van der Waals surface area contributed by atoms with Crippen LogP contribution in [0.5, 0.6) is 0 Å². The SMILES string of the molecule is O=C1Cc2ccc(C(=O)CO)cc2CN(C(=O)C2CCCCC2)C1. The molecule has 1 heterocycles. The topological polar surface area (TPSA) is 74.7 Å². The third-order valence-electron chi connectivity index (χ3n) is 5.05. The maximum absolute atomic E-state index is 12.8. The van der Waals surface area contributed by atoms with Crippen LogP contribution in [0.4, 0.5) is 0 Å². The van der Waals surface area contributed by atoms with Gasteiger partial charge in [-0.15, -0.1) is 0 Å². The van der Waals surface area contributed by atoms with Crippen LogP contribution < -0.4 is 0 Å². The summed E-state index contributed by atoms with van der Waals surface area (Å²) in [6.07, 6.45) is 5.42. The highest BCUT2D eigenvalue weighted by Crippen LogP contribution is 2.27. The summed E-state index contributed by atoms with van der Waals surface area (Å²) in [6.45, 7) is -0.0291. The van der Waals surface area contributed by atoms with Gasteiger partial charge < -0.3 is 10.0 Å². The maximum Gasteiger partial charge on any atom is 0.226 e. The quantitative estimate of drug-likeness (QED) is 0.860. The van der Waals surface area contributed by atoms with Crippen molar-refractivity contribution < 1.29 is 19.5 Å². The second-order valence-electron chi connectivity index (χ2n) is 6.81. The van der Waals surface area contributed by atoms with Crippen LogP contribution in [0.2, 0.25) is 0 Å². The zero-order valence-electron chi connectivity index (χ0n) is 13.8. The van der Waals surface area contributed by atoms with Gasteiger partial charge in [0.2, 0.25) is 5.91 Å². The van der Waals surface area contributed by atoms with Gasteiger partial charge in [0.05, 0.1) is 6.54 Å². The molecule has 1 aromatic rings. The maximum atomic E-state index is 12.8. The Morgan fingerprint density at radius 2 is 1.83 bits per heavy atom. The van der Waals surface area contributed by atoms with E-state index in [9.17, 15) is 14.4 Å². The average molecular weight is 329 g/mol. The molecule has 2 aliphatic rings. The highest BCUT2D eigenvalue weighted by molar-refractivity contribution is 5.97. The van der Waals surface area contributed by atoms with Gasteiger partial charge in [-0.3, -0.25) is 14.4 Å². The smallest absolute Gasteiger partial charge is 0.226 e. The molecule has 1 aliphatic carbocycles. The highest BCUT2D eigenvalue weighted by Gasteiger charge is 2.29. The van der Waals surface area contributed by atoms with E-state index in [0.29, 0.717) is 12.1 Å². The Bertz CT molecular complexity index is 661. The molecule has 0 radical (unpaired) electrons. The molecule has 0 atom stereocenters. The van der Waals surface area contributed by atoms with Crippen LogP contribution in [0, 0.1) is 5.92 Å². The fourth-order valence-electron chi connectivity index (χ4n) is 3.72. The number of fused-ring (bicyclic) bond motifs is 1. The normalized spacial score (nSPS) is 18.9. The van der Waals surface area contributed by atoms with Gasteiger partial charge in [-0.2, -0.15) is 0 Å². The van der Waals surface area contributed by atoms with E-state index in [0.717, 1.165) is 36.8 Å². The second kappa shape index (κ2) is 7.26. The van der Waals surface area contributed by atoms with Crippen molar-refractivity contribution in [3.05, 3.63) is 34.9 Å². The highest BCUT2D eigenvalue weighted by atomic mass is 16.3. The number of hydrogen-bond acceptors (Lipinski definition) is 4. The number of hydrogen-bond donors (Lipinski definition) is 1. The largest absolute Gasteiger partial charge is 0.388 e. The van der Waals surface area contributed by atoms with Crippen molar-refractivity contribution in [3.8, 4) is 0 Å². The summed E-state index contributed by atoms with van der Waals surface area (Å²) < 4.78 is 0. The summed E-state index contributed by atoms with van der Waals surface area (Å²) in [5, 5.41) is 9.03. The second-order valence-corrected chi connectivity index (χ2v) is 6.81.